The topological polar surface area (TPSA) is 55.8 Å². The average Bonchev–Trinajstić information content (AvgIpc) is 2.66. The van der Waals surface area contributed by atoms with Crippen LogP contribution >= 0.6 is 24.4 Å². The van der Waals surface area contributed by atoms with Crippen molar-refractivity contribution in [2.75, 3.05) is 44.4 Å². The highest BCUT2D eigenvalue weighted by molar-refractivity contribution is 7.99. The van der Waals surface area contributed by atoms with E-state index in [4.69, 9.17) is 9.47 Å². The number of thiol groups is 1. The standard InChI is InChI=1S/C19H27NO4S2/c1-19(2,20-8-10-23-11-9-20)18(22)15-3-5-16(6-4-15)26-14-12-24-17(21)7-13-25/h3-6,25H,7-14H2,1-2H3. The Labute approximate surface area is 165 Å². The van der Waals surface area contributed by atoms with Gasteiger partial charge in [-0.3, -0.25) is 14.5 Å². The number of morpholine rings is 1. The van der Waals surface area contributed by atoms with Gasteiger partial charge in [-0.15, -0.1) is 11.8 Å². The van der Waals surface area contributed by atoms with E-state index >= 15 is 0 Å². The Balaban J connectivity index is 1.85. The van der Waals surface area contributed by atoms with Crippen LogP contribution in [0.2, 0.25) is 0 Å². The first-order valence-corrected chi connectivity index (χ1v) is 10.4. The van der Waals surface area contributed by atoms with Gasteiger partial charge in [0.2, 0.25) is 0 Å². The van der Waals surface area contributed by atoms with Crippen LogP contribution in [-0.4, -0.2) is 66.6 Å². The highest BCUT2D eigenvalue weighted by Crippen LogP contribution is 2.24. The molecule has 0 radical (unpaired) electrons. The second kappa shape index (κ2) is 10.3. The summed E-state index contributed by atoms with van der Waals surface area (Å²) in [5, 5.41) is 0. The molecule has 0 aromatic heterocycles. The number of hydrogen-bond donors (Lipinski definition) is 1. The van der Waals surface area contributed by atoms with Crippen LogP contribution in [0.25, 0.3) is 0 Å². The lowest BCUT2D eigenvalue weighted by Gasteiger charge is -2.39. The van der Waals surface area contributed by atoms with Gasteiger partial charge in [0.1, 0.15) is 6.61 Å². The van der Waals surface area contributed by atoms with Crippen molar-refractivity contribution in [2.45, 2.75) is 30.7 Å². The minimum Gasteiger partial charge on any atom is -0.465 e. The number of Topliss-reactive ketones (excluding diaryl/α,β-unsaturated/α-hetero) is 1. The van der Waals surface area contributed by atoms with Crippen molar-refractivity contribution in [1.82, 2.24) is 4.90 Å². The summed E-state index contributed by atoms with van der Waals surface area (Å²) in [6, 6.07) is 7.64. The van der Waals surface area contributed by atoms with Crippen molar-refractivity contribution in [3.8, 4) is 0 Å². The minimum atomic E-state index is -0.542. The van der Waals surface area contributed by atoms with Crippen LogP contribution in [0.5, 0.6) is 0 Å². The summed E-state index contributed by atoms with van der Waals surface area (Å²) in [5.41, 5.74) is 0.172. The summed E-state index contributed by atoms with van der Waals surface area (Å²) < 4.78 is 10.5. The molecular formula is C19H27NO4S2. The SMILES string of the molecule is CC(C)(C(=O)c1ccc(SCCOC(=O)CCS)cc1)N1CCOCC1. The summed E-state index contributed by atoms with van der Waals surface area (Å²) in [5.74, 6) is 1.09. The highest BCUT2D eigenvalue weighted by atomic mass is 32.2. The summed E-state index contributed by atoms with van der Waals surface area (Å²) in [7, 11) is 0. The van der Waals surface area contributed by atoms with Gasteiger partial charge < -0.3 is 9.47 Å². The maximum absolute atomic E-state index is 12.9. The van der Waals surface area contributed by atoms with E-state index < -0.39 is 5.54 Å². The third-order valence-electron chi connectivity index (χ3n) is 4.40. The molecule has 0 amide bonds. The Hall–Kier alpha value is -1.02. The molecule has 0 N–H and O–H groups in total. The lowest BCUT2D eigenvalue weighted by molar-refractivity contribution is -0.142. The van der Waals surface area contributed by atoms with Crippen LogP contribution in [0.4, 0.5) is 0 Å². The quantitative estimate of drug-likeness (QED) is 0.227. The molecular weight excluding hydrogens is 370 g/mol. The number of rotatable bonds is 9. The number of carbonyl (C=O) groups excluding carboxylic acids is 2. The van der Waals surface area contributed by atoms with E-state index in [1.54, 1.807) is 11.8 Å². The number of ketones is 1. The molecule has 0 atom stereocenters. The van der Waals surface area contributed by atoms with Crippen molar-refractivity contribution in [3.63, 3.8) is 0 Å². The zero-order valence-electron chi connectivity index (χ0n) is 15.4. The van der Waals surface area contributed by atoms with Crippen LogP contribution in [-0.2, 0) is 14.3 Å². The molecule has 0 aliphatic carbocycles. The van der Waals surface area contributed by atoms with Gasteiger partial charge in [-0.1, -0.05) is 12.1 Å². The number of benzene rings is 1. The molecule has 0 saturated carbocycles. The van der Waals surface area contributed by atoms with Gasteiger partial charge in [0.15, 0.2) is 5.78 Å². The fraction of sp³-hybridized carbons (Fsp3) is 0.579. The second-order valence-corrected chi connectivity index (χ2v) is 8.17. The Morgan fingerprint density at radius 1 is 1.23 bits per heavy atom. The predicted octanol–water partition coefficient (Wildman–Crippen LogP) is 2.94. The van der Waals surface area contributed by atoms with Crippen molar-refractivity contribution >= 4 is 36.1 Å². The molecule has 1 aliphatic heterocycles. The molecule has 1 aromatic carbocycles. The molecule has 2 rings (SSSR count). The molecule has 1 fully saturated rings. The summed E-state index contributed by atoms with van der Waals surface area (Å²) >= 11 is 5.60. The molecule has 0 bridgehead atoms. The molecule has 0 unspecified atom stereocenters. The van der Waals surface area contributed by atoms with Crippen LogP contribution in [0.1, 0.15) is 30.6 Å². The van der Waals surface area contributed by atoms with Crippen LogP contribution in [0.15, 0.2) is 29.2 Å². The van der Waals surface area contributed by atoms with Crippen molar-refractivity contribution in [2.24, 2.45) is 0 Å². The monoisotopic (exact) mass is 397 g/mol. The molecule has 1 aliphatic rings. The molecule has 26 heavy (non-hydrogen) atoms. The predicted molar refractivity (Wildman–Crippen MR) is 107 cm³/mol. The first-order chi connectivity index (χ1) is 12.4. The van der Waals surface area contributed by atoms with Gasteiger partial charge in [0, 0.05) is 35.1 Å². The maximum Gasteiger partial charge on any atom is 0.306 e. The lowest BCUT2D eigenvalue weighted by atomic mass is 9.91. The number of ether oxygens (including phenoxy) is 2. The fourth-order valence-electron chi connectivity index (χ4n) is 2.80. The number of thioether (sulfide) groups is 1. The van der Waals surface area contributed by atoms with Gasteiger partial charge in [-0.25, -0.2) is 0 Å². The van der Waals surface area contributed by atoms with Crippen molar-refractivity contribution in [1.29, 1.82) is 0 Å². The fourth-order valence-corrected chi connectivity index (χ4v) is 3.71. The number of nitrogens with zero attached hydrogens (tertiary/aromatic N) is 1. The van der Waals surface area contributed by atoms with Gasteiger partial charge in [0.05, 0.1) is 25.2 Å². The lowest BCUT2D eigenvalue weighted by Crippen LogP contribution is -2.54. The molecule has 0 spiro atoms. The molecule has 1 heterocycles. The molecule has 144 valence electrons. The van der Waals surface area contributed by atoms with E-state index in [1.165, 1.54) is 0 Å². The molecule has 1 saturated heterocycles. The Morgan fingerprint density at radius 2 is 1.88 bits per heavy atom. The van der Waals surface area contributed by atoms with Gasteiger partial charge >= 0.3 is 5.97 Å². The Kier molecular flexibility index (Phi) is 8.47. The van der Waals surface area contributed by atoms with Crippen LogP contribution in [0.3, 0.4) is 0 Å². The molecule has 5 nitrogen and oxygen atoms in total. The number of esters is 1. The van der Waals surface area contributed by atoms with Crippen LogP contribution in [0, 0.1) is 0 Å². The first kappa shape index (κ1) is 21.3. The molecule has 1 aromatic rings. The van der Waals surface area contributed by atoms with Crippen molar-refractivity contribution in [3.05, 3.63) is 29.8 Å². The van der Waals surface area contributed by atoms with E-state index in [0.29, 0.717) is 43.3 Å². The van der Waals surface area contributed by atoms with Gasteiger partial charge in [0.25, 0.3) is 0 Å². The average molecular weight is 398 g/mol. The third kappa shape index (κ3) is 6.01. The Bertz CT molecular complexity index is 598. The van der Waals surface area contributed by atoms with E-state index in [1.807, 2.05) is 38.1 Å². The van der Waals surface area contributed by atoms with Crippen molar-refractivity contribution < 1.29 is 19.1 Å². The zero-order valence-corrected chi connectivity index (χ0v) is 17.1. The second-order valence-electron chi connectivity index (χ2n) is 6.55. The summed E-state index contributed by atoms with van der Waals surface area (Å²) in [4.78, 5) is 27.4. The highest BCUT2D eigenvalue weighted by Gasteiger charge is 2.35. The van der Waals surface area contributed by atoms with E-state index in [2.05, 4.69) is 17.5 Å². The minimum absolute atomic E-state index is 0.122. The zero-order chi connectivity index (χ0) is 19.0. The number of hydrogen-bond acceptors (Lipinski definition) is 7. The summed E-state index contributed by atoms with van der Waals surface area (Å²) in [6.07, 6.45) is 0.337. The van der Waals surface area contributed by atoms with E-state index in [0.717, 1.165) is 18.0 Å². The smallest absolute Gasteiger partial charge is 0.306 e. The summed E-state index contributed by atoms with van der Waals surface area (Å²) in [6.45, 7) is 7.22. The maximum atomic E-state index is 12.9. The van der Waals surface area contributed by atoms with E-state index in [9.17, 15) is 9.59 Å². The van der Waals surface area contributed by atoms with Crippen LogP contribution < -0.4 is 0 Å². The Morgan fingerprint density at radius 3 is 2.50 bits per heavy atom. The van der Waals surface area contributed by atoms with Gasteiger partial charge in [-0.2, -0.15) is 12.6 Å². The third-order valence-corrected chi connectivity index (χ3v) is 5.60. The number of carbonyl (C=O) groups is 2. The molecule has 7 heteroatoms. The first-order valence-electron chi connectivity index (χ1n) is 8.82. The normalized spacial score (nSPS) is 15.7. The van der Waals surface area contributed by atoms with Gasteiger partial charge in [-0.05, 0) is 26.0 Å². The largest absolute Gasteiger partial charge is 0.465 e. The van der Waals surface area contributed by atoms with E-state index in [-0.39, 0.29) is 11.8 Å².